The number of hydrogen-bond donors (Lipinski definition) is 0. The Morgan fingerprint density at radius 1 is 1.00 bits per heavy atom. The van der Waals surface area contributed by atoms with Gasteiger partial charge in [0.25, 0.3) is 0 Å². The number of ether oxygens (including phenoxy) is 2. The van der Waals surface area contributed by atoms with Crippen molar-refractivity contribution in [2.75, 3.05) is 19.8 Å². The second-order valence-corrected chi connectivity index (χ2v) is 5.05. The molecule has 0 saturated heterocycles. The first-order valence-electron chi connectivity index (χ1n) is 6.79. The third kappa shape index (κ3) is 8.19. The van der Waals surface area contributed by atoms with Gasteiger partial charge in [-0.2, -0.15) is 0 Å². The van der Waals surface area contributed by atoms with Gasteiger partial charge in [-0.3, -0.25) is 4.79 Å². The summed E-state index contributed by atoms with van der Waals surface area (Å²) in [5.41, 5.74) is -0.374. The maximum absolute atomic E-state index is 11.6. The second-order valence-electron chi connectivity index (χ2n) is 5.05. The lowest BCUT2D eigenvalue weighted by molar-refractivity contribution is -0.155. The van der Waals surface area contributed by atoms with Crippen molar-refractivity contribution in [3.05, 3.63) is 0 Å². The van der Waals surface area contributed by atoms with Crippen LogP contribution in [0.4, 0.5) is 0 Å². The molecule has 0 spiro atoms. The molecular formula is C14H28O3. The van der Waals surface area contributed by atoms with E-state index in [0.29, 0.717) is 13.2 Å². The highest BCUT2D eigenvalue weighted by Gasteiger charge is 2.26. The van der Waals surface area contributed by atoms with Crippen molar-refractivity contribution < 1.29 is 14.3 Å². The number of carbonyl (C=O) groups excluding carboxylic acids is 1. The molecule has 0 aromatic carbocycles. The average molecular weight is 244 g/mol. The number of unbranched alkanes of at least 4 members (excludes halogenated alkanes) is 3. The van der Waals surface area contributed by atoms with Crippen LogP contribution in [0, 0.1) is 5.41 Å². The Kier molecular flexibility index (Phi) is 9.14. The Balaban J connectivity index is 3.37. The molecule has 102 valence electrons. The van der Waals surface area contributed by atoms with E-state index in [9.17, 15) is 4.79 Å². The summed E-state index contributed by atoms with van der Waals surface area (Å²) in [6.07, 6.45) is 5.62. The first-order chi connectivity index (χ1) is 8.04. The Morgan fingerprint density at radius 3 is 2.29 bits per heavy atom. The fourth-order valence-electron chi connectivity index (χ4n) is 1.27. The van der Waals surface area contributed by atoms with Crippen molar-refractivity contribution in [1.82, 2.24) is 0 Å². The molecule has 0 heterocycles. The minimum absolute atomic E-state index is 0.130. The molecule has 0 atom stereocenters. The molecule has 3 nitrogen and oxygen atoms in total. The van der Waals surface area contributed by atoms with E-state index in [1.807, 2.05) is 20.8 Å². The summed E-state index contributed by atoms with van der Waals surface area (Å²) < 4.78 is 10.6. The Hall–Kier alpha value is -0.570. The van der Waals surface area contributed by atoms with Gasteiger partial charge in [0.2, 0.25) is 0 Å². The van der Waals surface area contributed by atoms with Gasteiger partial charge >= 0.3 is 5.97 Å². The second kappa shape index (κ2) is 9.46. The summed E-state index contributed by atoms with van der Waals surface area (Å²) in [4.78, 5) is 11.6. The topological polar surface area (TPSA) is 35.5 Å². The van der Waals surface area contributed by atoms with Gasteiger partial charge in [-0.05, 0) is 26.7 Å². The van der Waals surface area contributed by atoms with Crippen LogP contribution >= 0.6 is 0 Å². The molecule has 0 amide bonds. The highest BCUT2D eigenvalue weighted by Crippen LogP contribution is 2.21. The van der Waals surface area contributed by atoms with Crippen LogP contribution in [0.15, 0.2) is 0 Å². The first-order valence-corrected chi connectivity index (χ1v) is 6.79. The Bertz CT molecular complexity index is 200. The van der Waals surface area contributed by atoms with Crippen LogP contribution < -0.4 is 0 Å². The SMILES string of the molecule is CCCCCCOCCOC(=O)C(C)(C)CC. The fourth-order valence-corrected chi connectivity index (χ4v) is 1.27. The van der Waals surface area contributed by atoms with Gasteiger partial charge in [-0.15, -0.1) is 0 Å². The molecule has 0 saturated carbocycles. The van der Waals surface area contributed by atoms with Crippen LogP contribution in [0.25, 0.3) is 0 Å². The standard InChI is InChI=1S/C14H28O3/c1-5-7-8-9-10-16-11-12-17-13(15)14(3,4)6-2/h5-12H2,1-4H3. The highest BCUT2D eigenvalue weighted by molar-refractivity contribution is 5.75. The monoisotopic (exact) mass is 244 g/mol. The minimum Gasteiger partial charge on any atom is -0.463 e. The molecule has 0 aromatic heterocycles. The van der Waals surface area contributed by atoms with Gasteiger partial charge in [-0.25, -0.2) is 0 Å². The molecule has 0 N–H and O–H groups in total. The van der Waals surface area contributed by atoms with Crippen LogP contribution in [0.2, 0.25) is 0 Å². The highest BCUT2D eigenvalue weighted by atomic mass is 16.6. The van der Waals surface area contributed by atoms with Crippen molar-refractivity contribution in [2.24, 2.45) is 5.41 Å². The number of esters is 1. The predicted octanol–water partition coefficient (Wildman–Crippen LogP) is 3.56. The lowest BCUT2D eigenvalue weighted by Crippen LogP contribution is -2.27. The van der Waals surface area contributed by atoms with E-state index in [4.69, 9.17) is 9.47 Å². The molecule has 17 heavy (non-hydrogen) atoms. The number of hydrogen-bond acceptors (Lipinski definition) is 3. The van der Waals surface area contributed by atoms with E-state index >= 15 is 0 Å². The Morgan fingerprint density at radius 2 is 1.71 bits per heavy atom. The third-order valence-corrected chi connectivity index (χ3v) is 3.04. The van der Waals surface area contributed by atoms with E-state index in [1.54, 1.807) is 0 Å². The van der Waals surface area contributed by atoms with Crippen molar-refractivity contribution >= 4 is 5.97 Å². The number of rotatable bonds is 10. The molecule has 0 unspecified atom stereocenters. The van der Waals surface area contributed by atoms with Gasteiger partial charge in [-0.1, -0.05) is 33.1 Å². The van der Waals surface area contributed by atoms with Gasteiger partial charge in [0.1, 0.15) is 6.61 Å². The number of carbonyl (C=O) groups is 1. The molecule has 0 bridgehead atoms. The summed E-state index contributed by atoms with van der Waals surface area (Å²) in [6, 6.07) is 0. The molecule has 0 aromatic rings. The smallest absolute Gasteiger partial charge is 0.311 e. The van der Waals surface area contributed by atoms with Crippen LogP contribution in [-0.2, 0) is 14.3 Å². The largest absolute Gasteiger partial charge is 0.463 e. The maximum Gasteiger partial charge on any atom is 0.311 e. The average Bonchev–Trinajstić information content (AvgIpc) is 2.32. The van der Waals surface area contributed by atoms with E-state index in [1.165, 1.54) is 19.3 Å². The van der Waals surface area contributed by atoms with E-state index in [2.05, 4.69) is 6.92 Å². The lowest BCUT2D eigenvalue weighted by atomic mass is 9.91. The normalized spacial score (nSPS) is 11.5. The molecule has 0 fully saturated rings. The summed E-state index contributed by atoms with van der Waals surface area (Å²) in [7, 11) is 0. The molecule has 0 rings (SSSR count). The molecule has 3 heteroatoms. The third-order valence-electron chi connectivity index (χ3n) is 3.04. The van der Waals surface area contributed by atoms with E-state index in [0.717, 1.165) is 19.4 Å². The van der Waals surface area contributed by atoms with Crippen LogP contribution in [0.3, 0.4) is 0 Å². The molecule has 0 aliphatic heterocycles. The van der Waals surface area contributed by atoms with E-state index < -0.39 is 0 Å². The minimum atomic E-state index is -0.374. The summed E-state index contributed by atoms with van der Waals surface area (Å²) in [5.74, 6) is -0.130. The summed E-state index contributed by atoms with van der Waals surface area (Å²) in [6.45, 7) is 9.64. The quantitative estimate of drug-likeness (QED) is 0.435. The van der Waals surface area contributed by atoms with Gasteiger partial charge in [0.05, 0.1) is 12.0 Å². The summed E-state index contributed by atoms with van der Waals surface area (Å²) >= 11 is 0. The van der Waals surface area contributed by atoms with Crippen molar-refractivity contribution in [1.29, 1.82) is 0 Å². The molecule has 0 aliphatic carbocycles. The van der Waals surface area contributed by atoms with E-state index in [-0.39, 0.29) is 11.4 Å². The van der Waals surface area contributed by atoms with Crippen LogP contribution in [-0.4, -0.2) is 25.8 Å². The van der Waals surface area contributed by atoms with Gasteiger partial charge in [0, 0.05) is 6.61 Å². The zero-order valence-electron chi connectivity index (χ0n) is 11.9. The van der Waals surface area contributed by atoms with Crippen molar-refractivity contribution in [3.63, 3.8) is 0 Å². The maximum atomic E-state index is 11.6. The van der Waals surface area contributed by atoms with Gasteiger partial charge in [0.15, 0.2) is 0 Å². The zero-order chi connectivity index (χ0) is 13.1. The van der Waals surface area contributed by atoms with Crippen LogP contribution in [0.1, 0.15) is 59.8 Å². The predicted molar refractivity (Wildman–Crippen MR) is 70.0 cm³/mol. The van der Waals surface area contributed by atoms with Gasteiger partial charge < -0.3 is 9.47 Å². The summed E-state index contributed by atoms with van der Waals surface area (Å²) in [5, 5.41) is 0. The lowest BCUT2D eigenvalue weighted by Gasteiger charge is -2.20. The first kappa shape index (κ1) is 16.4. The van der Waals surface area contributed by atoms with Crippen molar-refractivity contribution in [2.45, 2.75) is 59.8 Å². The van der Waals surface area contributed by atoms with Crippen LogP contribution in [0.5, 0.6) is 0 Å². The zero-order valence-corrected chi connectivity index (χ0v) is 11.9. The molecule has 0 aliphatic rings. The molecular weight excluding hydrogens is 216 g/mol. The fraction of sp³-hybridized carbons (Fsp3) is 0.929. The molecule has 0 radical (unpaired) electrons. The van der Waals surface area contributed by atoms with Crippen molar-refractivity contribution in [3.8, 4) is 0 Å². The Labute approximate surface area is 106 Å².